The summed E-state index contributed by atoms with van der Waals surface area (Å²) < 4.78 is 11.4. The third-order valence-electron chi connectivity index (χ3n) is 3.64. The van der Waals surface area contributed by atoms with Gasteiger partial charge in [-0.05, 0) is 49.5 Å². The maximum absolute atomic E-state index is 5.74. The lowest BCUT2D eigenvalue weighted by Crippen LogP contribution is -2.37. The van der Waals surface area contributed by atoms with Crippen molar-refractivity contribution in [1.29, 1.82) is 0 Å². The fourth-order valence-corrected chi connectivity index (χ4v) is 2.89. The van der Waals surface area contributed by atoms with Gasteiger partial charge in [-0.15, -0.1) is 0 Å². The van der Waals surface area contributed by atoms with Crippen molar-refractivity contribution in [3.8, 4) is 11.5 Å². The number of hydrogen-bond donors (Lipinski definition) is 2. The Morgan fingerprint density at radius 2 is 2.00 bits per heavy atom. The van der Waals surface area contributed by atoms with E-state index in [1.54, 1.807) is 0 Å². The number of aliphatic imine (C=N–C) groups is 1. The summed E-state index contributed by atoms with van der Waals surface area (Å²) in [6, 6.07) is 6.07. The zero-order chi connectivity index (χ0) is 17.0. The summed E-state index contributed by atoms with van der Waals surface area (Å²) in [4.78, 5) is 4.67. The highest BCUT2D eigenvalue weighted by atomic mass is 32.2. The maximum atomic E-state index is 5.74. The lowest BCUT2D eigenvalue weighted by Gasteiger charge is -2.12. The van der Waals surface area contributed by atoms with Crippen LogP contribution in [0, 0.1) is 0 Å². The molecule has 24 heavy (non-hydrogen) atoms. The molecular weight excluding hydrogens is 322 g/mol. The van der Waals surface area contributed by atoms with Gasteiger partial charge >= 0.3 is 0 Å². The predicted octanol–water partition coefficient (Wildman–Crippen LogP) is 3.05. The van der Waals surface area contributed by atoms with Gasteiger partial charge in [-0.1, -0.05) is 6.07 Å². The van der Waals surface area contributed by atoms with Crippen LogP contribution in [-0.2, 0) is 6.54 Å². The zero-order valence-corrected chi connectivity index (χ0v) is 15.6. The second kappa shape index (κ2) is 11.1. The maximum Gasteiger partial charge on any atom is 0.191 e. The van der Waals surface area contributed by atoms with E-state index in [0.717, 1.165) is 55.6 Å². The standard InChI is InChI=1S/C18H29N3O2S/c1-3-19-18(20-9-4-5-12-24-2)21-14-15-7-8-16-17(13-15)23-11-6-10-22-16/h7-8,13H,3-6,9-12,14H2,1-2H3,(H2,19,20,21). The summed E-state index contributed by atoms with van der Waals surface area (Å²) in [5, 5.41) is 6.69. The van der Waals surface area contributed by atoms with E-state index >= 15 is 0 Å². The van der Waals surface area contributed by atoms with Crippen molar-refractivity contribution >= 4 is 17.7 Å². The Kier molecular flexibility index (Phi) is 8.66. The van der Waals surface area contributed by atoms with Crippen LogP contribution in [-0.4, -0.2) is 44.3 Å². The molecule has 0 unspecified atom stereocenters. The molecule has 1 aliphatic rings. The van der Waals surface area contributed by atoms with Gasteiger partial charge in [0.05, 0.1) is 19.8 Å². The summed E-state index contributed by atoms with van der Waals surface area (Å²) in [5.41, 5.74) is 1.12. The molecule has 0 atom stereocenters. The number of hydrogen-bond acceptors (Lipinski definition) is 4. The normalized spacial score (nSPS) is 14.2. The van der Waals surface area contributed by atoms with Crippen LogP contribution in [0.15, 0.2) is 23.2 Å². The Bertz CT molecular complexity index is 523. The summed E-state index contributed by atoms with van der Waals surface area (Å²) in [7, 11) is 0. The number of guanidine groups is 1. The Balaban J connectivity index is 1.89. The fraction of sp³-hybridized carbons (Fsp3) is 0.611. The van der Waals surface area contributed by atoms with E-state index in [9.17, 15) is 0 Å². The molecule has 5 nitrogen and oxygen atoms in total. The molecule has 1 heterocycles. The molecule has 0 aliphatic carbocycles. The first-order valence-corrected chi connectivity index (χ1v) is 10.1. The average Bonchev–Trinajstić information content (AvgIpc) is 2.84. The Morgan fingerprint density at radius 3 is 2.79 bits per heavy atom. The zero-order valence-electron chi connectivity index (χ0n) is 14.8. The van der Waals surface area contributed by atoms with Crippen LogP contribution in [0.2, 0.25) is 0 Å². The summed E-state index contributed by atoms with van der Waals surface area (Å²) in [6.45, 7) is 5.94. The third kappa shape index (κ3) is 6.51. The smallest absolute Gasteiger partial charge is 0.191 e. The molecule has 0 spiro atoms. The average molecular weight is 352 g/mol. The topological polar surface area (TPSA) is 54.9 Å². The Labute approximate surface area is 149 Å². The van der Waals surface area contributed by atoms with Gasteiger partial charge in [0.2, 0.25) is 0 Å². The van der Waals surface area contributed by atoms with E-state index in [1.165, 1.54) is 12.2 Å². The number of thioether (sulfide) groups is 1. The van der Waals surface area contributed by atoms with Crippen molar-refractivity contribution in [2.45, 2.75) is 32.7 Å². The van der Waals surface area contributed by atoms with Crippen LogP contribution in [0.25, 0.3) is 0 Å². The second-order valence-electron chi connectivity index (χ2n) is 5.65. The lowest BCUT2D eigenvalue weighted by molar-refractivity contribution is 0.297. The van der Waals surface area contributed by atoms with Gasteiger partial charge in [-0.3, -0.25) is 0 Å². The highest BCUT2D eigenvalue weighted by Gasteiger charge is 2.10. The van der Waals surface area contributed by atoms with Crippen LogP contribution in [0.3, 0.4) is 0 Å². The number of benzene rings is 1. The van der Waals surface area contributed by atoms with Gasteiger partial charge < -0.3 is 20.1 Å². The minimum atomic E-state index is 0.622. The highest BCUT2D eigenvalue weighted by Crippen LogP contribution is 2.30. The number of ether oxygens (including phenoxy) is 2. The van der Waals surface area contributed by atoms with Gasteiger partial charge in [0.25, 0.3) is 0 Å². The first-order valence-electron chi connectivity index (χ1n) is 8.73. The molecule has 6 heteroatoms. The second-order valence-corrected chi connectivity index (χ2v) is 6.64. The molecule has 2 N–H and O–H groups in total. The van der Waals surface area contributed by atoms with E-state index in [1.807, 2.05) is 23.9 Å². The molecule has 0 saturated carbocycles. The molecule has 0 amide bonds. The van der Waals surface area contributed by atoms with Crippen molar-refractivity contribution in [2.24, 2.45) is 4.99 Å². The number of nitrogens with zero attached hydrogens (tertiary/aromatic N) is 1. The van der Waals surface area contributed by atoms with Gasteiger partial charge in [0.1, 0.15) is 0 Å². The fourth-order valence-electron chi connectivity index (χ4n) is 2.40. The summed E-state index contributed by atoms with van der Waals surface area (Å²) in [6.07, 6.45) is 5.46. The molecule has 2 rings (SSSR count). The minimum Gasteiger partial charge on any atom is -0.490 e. The lowest BCUT2D eigenvalue weighted by atomic mass is 10.2. The summed E-state index contributed by atoms with van der Waals surface area (Å²) in [5.74, 6) is 3.75. The van der Waals surface area contributed by atoms with E-state index < -0.39 is 0 Å². The van der Waals surface area contributed by atoms with Crippen molar-refractivity contribution in [2.75, 3.05) is 38.3 Å². The monoisotopic (exact) mass is 351 g/mol. The van der Waals surface area contributed by atoms with E-state index in [0.29, 0.717) is 13.2 Å². The SMILES string of the molecule is CCNC(=NCc1ccc2c(c1)OCCCO2)NCCCCSC. The molecule has 1 aromatic carbocycles. The molecule has 134 valence electrons. The number of unbranched alkanes of at least 4 members (excludes halogenated alkanes) is 1. The van der Waals surface area contributed by atoms with E-state index in [-0.39, 0.29) is 0 Å². The van der Waals surface area contributed by atoms with Crippen molar-refractivity contribution in [1.82, 2.24) is 10.6 Å². The van der Waals surface area contributed by atoms with Crippen LogP contribution < -0.4 is 20.1 Å². The molecule has 0 fully saturated rings. The predicted molar refractivity (Wildman–Crippen MR) is 102 cm³/mol. The molecule has 1 aromatic rings. The minimum absolute atomic E-state index is 0.622. The quantitative estimate of drug-likeness (QED) is 0.428. The number of rotatable bonds is 8. The Morgan fingerprint density at radius 1 is 1.17 bits per heavy atom. The first-order chi connectivity index (χ1) is 11.8. The van der Waals surface area contributed by atoms with Gasteiger partial charge in [-0.25, -0.2) is 4.99 Å². The van der Waals surface area contributed by atoms with Gasteiger partial charge in [0, 0.05) is 19.5 Å². The molecule has 0 saturated heterocycles. The van der Waals surface area contributed by atoms with Crippen molar-refractivity contribution < 1.29 is 9.47 Å². The van der Waals surface area contributed by atoms with Gasteiger partial charge in [-0.2, -0.15) is 11.8 Å². The van der Waals surface area contributed by atoms with Crippen molar-refractivity contribution in [3.63, 3.8) is 0 Å². The third-order valence-corrected chi connectivity index (χ3v) is 4.34. The first kappa shape index (κ1) is 18.8. The largest absolute Gasteiger partial charge is 0.490 e. The van der Waals surface area contributed by atoms with E-state index in [4.69, 9.17) is 9.47 Å². The van der Waals surface area contributed by atoms with E-state index in [2.05, 4.69) is 34.9 Å². The van der Waals surface area contributed by atoms with Crippen LogP contribution >= 0.6 is 11.8 Å². The van der Waals surface area contributed by atoms with Crippen LogP contribution in [0.5, 0.6) is 11.5 Å². The summed E-state index contributed by atoms with van der Waals surface area (Å²) >= 11 is 1.90. The number of fused-ring (bicyclic) bond motifs is 1. The van der Waals surface area contributed by atoms with Crippen LogP contribution in [0.1, 0.15) is 31.7 Å². The van der Waals surface area contributed by atoms with Crippen LogP contribution in [0.4, 0.5) is 0 Å². The number of nitrogens with one attached hydrogen (secondary N) is 2. The van der Waals surface area contributed by atoms with Gasteiger partial charge in [0.15, 0.2) is 17.5 Å². The molecule has 0 aromatic heterocycles. The molecule has 0 bridgehead atoms. The highest BCUT2D eigenvalue weighted by molar-refractivity contribution is 7.98. The molecular formula is C18H29N3O2S. The molecule has 1 aliphatic heterocycles. The Hall–Kier alpha value is -1.56. The van der Waals surface area contributed by atoms with Crippen molar-refractivity contribution in [3.05, 3.63) is 23.8 Å². The molecule has 0 radical (unpaired) electrons.